The Morgan fingerprint density at radius 1 is 1.15 bits per heavy atom. The molecule has 0 radical (unpaired) electrons. The molecule has 5 nitrogen and oxygen atoms in total. The van der Waals surface area contributed by atoms with Gasteiger partial charge in [-0.2, -0.15) is 0 Å². The molecule has 0 spiro atoms. The number of methoxy groups -OCH3 is 1. The van der Waals surface area contributed by atoms with Crippen LogP contribution in [-0.4, -0.2) is 28.9 Å². The van der Waals surface area contributed by atoms with Gasteiger partial charge in [0.2, 0.25) is 0 Å². The van der Waals surface area contributed by atoms with Crippen LogP contribution in [0.2, 0.25) is 0 Å². The summed E-state index contributed by atoms with van der Waals surface area (Å²) in [5, 5.41) is 0.957. The summed E-state index contributed by atoms with van der Waals surface area (Å²) >= 11 is 0. The Hall–Kier alpha value is -3.08. The van der Waals surface area contributed by atoms with Gasteiger partial charge in [-0.05, 0) is 49.9 Å². The largest absolute Gasteiger partial charge is 0.496 e. The van der Waals surface area contributed by atoms with E-state index < -0.39 is 0 Å². The van der Waals surface area contributed by atoms with E-state index in [1.54, 1.807) is 30.2 Å². The van der Waals surface area contributed by atoms with Gasteiger partial charge in [0.1, 0.15) is 5.75 Å². The Balaban J connectivity index is 2.00. The van der Waals surface area contributed by atoms with Crippen molar-refractivity contribution in [3.8, 4) is 5.75 Å². The second-order valence-corrected chi connectivity index (χ2v) is 6.89. The molecule has 0 unspecified atom stereocenters. The van der Waals surface area contributed by atoms with E-state index in [2.05, 4.69) is 4.98 Å². The van der Waals surface area contributed by atoms with Crippen LogP contribution < -0.4 is 10.3 Å². The van der Waals surface area contributed by atoms with Crippen LogP contribution in [-0.2, 0) is 6.54 Å². The molecule has 0 saturated carbocycles. The minimum atomic E-state index is -0.171. The number of benzene rings is 2. The molecule has 1 N–H and O–H groups in total. The van der Waals surface area contributed by atoms with E-state index >= 15 is 0 Å². The fourth-order valence-electron chi connectivity index (χ4n) is 3.19. The van der Waals surface area contributed by atoms with Crippen molar-refractivity contribution in [1.82, 2.24) is 9.88 Å². The quantitative estimate of drug-likeness (QED) is 0.747. The zero-order valence-electron chi connectivity index (χ0n) is 16.1. The molecule has 1 heterocycles. The predicted molar refractivity (Wildman–Crippen MR) is 107 cm³/mol. The Bertz CT molecular complexity index is 1040. The molecule has 0 fully saturated rings. The van der Waals surface area contributed by atoms with Crippen LogP contribution in [0.4, 0.5) is 0 Å². The first-order valence-corrected chi connectivity index (χ1v) is 8.98. The molecule has 2 aromatic carbocycles. The molecular weight excluding hydrogens is 340 g/mol. The number of nitrogens with zero attached hydrogens (tertiary/aromatic N) is 1. The third-order valence-corrected chi connectivity index (χ3v) is 4.73. The highest BCUT2D eigenvalue weighted by atomic mass is 16.5. The summed E-state index contributed by atoms with van der Waals surface area (Å²) in [6.45, 7) is 6.07. The number of rotatable bonds is 5. The summed E-state index contributed by atoms with van der Waals surface area (Å²) in [7, 11) is 1.54. The van der Waals surface area contributed by atoms with Crippen LogP contribution in [0, 0.1) is 6.92 Å². The molecule has 1 amide bonds. The maximum atomic E-state index is 13.1. The summed E-state index contributed by atoms with van der Waals surface area (Å²) in [5.41, 5.74) is 2.72. The van der Waals surface area contributed by atoms with E-state index in [9.17, 15) is 9.59 Å². The highest BCUT2D eigenvalue weighted by Crippen LogP contribution is 2.22. The maximum absolute atomic E-state index is 13.1. The van der Waals surface area contributed by atoms with Crippen molar-refractivity contribution in [3.05, 3.63) is 75.6 Å². The maximum Gasteiger partial charge on any atom is 0.258 e. The summed E-state index contributed by atoms with van der Waals surface area (Å²) < 4.78 is 5.33. The molecule has 0 saturated heterocycles. The van der Waals surface area contributed by atoms with E-state index in [4.69, 9.17) is 4.74 Å². The SMILES string of the molecule is COc1ccccc1C(=O)N(Cc1cc2cccc(C)c2[nH]c1=O)C(C)C. The number of para-hydroxylation sites is 2. The van der Waals surface area contributed by atoms with Gasteiger partial charge in [-0.1, -0.05) is 30.3 Å². The number of H-pyrrole nitrogens is 1. The zero-order valence-corrected chi connectivity index (χ0v) is 16.1. The molecule has 140 valence electrons. The molecule has 1 aromatic heterocycles. The van der Waals surface area contributed by atoms with Crippen LogP contribution in [0.1, 0.15) is 35.3 Å². The summed E-state index contributed by atoms with van der Waals surface area (Å²) in [6, 6.07) is 14.8. The first-order valence-electron chi connectivity index (χ1n) is 8.98. The molecule has 27 heavy (non-hydrogen) atoms. The molecule has 0 aliphatic rings. The van der Waals surface area contributed by atoms with Crippen molar-refractivity contribution in [2.24, 2.45) is 0 Å². The molecule has 0 aliphatic carbocycles. The number of aromatic amines is 1. The van der Waals surface area contributed by atoms with E-state index in [1.807, 2.05) is 51.1 Å². The fourth-order valence-corrected chi connectivity index (χ4v) is 3.19. The minimum absolute atomic E-state index is 0.0741. The second kappa shape index (κ2) is 7.66. The number of ether oxygens (including phenoxy) is 1. The molecule has 0 atom stereocenters. The zero-order chi connectivity index (χ0) is 19.6. The van der Waals surface area contributed by atoms with Crippen molar-refractivity contribution < 1.29 is 9.53 Å². The minimum Gasteiger partial charge on any atom is -0.496 e. The molecule has 3 rings (SSSR count). The Kier molecular flexibility index (Phi) is 5.31. The van der Waals surface area contributed by atoms with Crippen LogP contribution in [0.5, 0.6) is 5.75 Å². The first kappa shape index (κ1) is 18.7. The van der Waals surface area contributed by atoms with Crippen LogP contribution >= 0.6 is 0 Å². The highest BCUT2D eigenvalue weighted by Gasteiger charge is 2.23. The number of pyridine rings is 1. The molecule has 5 heteroatoms. The van der Waals surface area contributed by atoms with Gasteiger partial charge >= 0.3 is 0 Å². The van der Waals surface area contributed by atoms with Crippen LogP contribution in [0.3, 0.4) is 0 Å². The molecular formula is C22H24N2O3. The number of aromatic nitrogens is 1. The van der Waals surface area contributed by atoms with Crippen molar-refractivity contribution >= 4 is 16.8 Å². The number of fused-ring (bicyclic) bond motifs is 1. The molecule has 3 aromatic rings. The van der Waals surface area contributed by atoms with Crippen molar-refractivity contribution in [1.29, 1.82) is 0 Å². The monoisotopic (exact) mass is 364 g/mol. The lowest BCUT2D eigenvalue weighted by molar-refractivity contribution is 0.0686. The molecule has 0 aliphatic heterocycles. The van der Waals surface area contributed by atoms with Gasteiger partial charge in [0.05, 0.1) is 24.7 Å². The fraction of sp³-hybridized carbons (Fsp3) is 0.273. The van der Waals surface area contributed by atoms with Gasteiger partial charge < -0.3 is 14.6 Å². The van der Waals surface area contributed by atoms with E-state index in [1.165, 1.54) is 0 Å². The van der Waals surface area contributed by atoms with Gasteiger partial charge in [0.15, 0.2) is 0 Å². The Morgan fingerprint density at radius 2 is 1.89 bits per heavy atom. The summed E-state index contributed by atoms with van der Waals surface area (Å²) in [4.78, 5) is 30.4. The highest BCUT2D eigenvalue weighted by molar-refractivity contribution is 5.97. The third kappa shape index (κ3) is 3.72. The summed E-state index contributed by atoms with van der Waals surface area (Å²) in [6.07, 6.45) is 0. The van der Waals surface area contributed by atoms with Gasteiger partial charge in [-0.25, -0.2) is 0 Å². The van der Waals surface area contributed by atoms with E-state index in [0.29, 0.717) is 16.9 Å². The van der Waals surface area contributed by atoms with Gasteiger partial charge in [-0.3, -0.25) is 9.59 Å². The number of carbonyl (C=O) groups is 1. The van der Waals surface area contributed by atoms with Crippen LogP contribution in [0.25, 0.3) is 10.9 Å². The molecule has 0 bridgehead atoms. The lowest BCUT2D eigenvalue weighted by atomic mass is 10.1. The average molecular weight is 364 g/mol. The van der Waals surface area contributed by atoms with Crippen molar-refractivity contribution in [2.75, 3.05) is 7.11 Å². The smallest absolute Gasteiger partial charge is 0.258 e. The van der Waals surface area contributed by atoms with Crippen LogP contribution in [0.15, 0.2) is 53.3 Å². The lowest BCUT2D eigenvalue weighted by Gasteiger charge is -2.27. The number of hydrogen-bond donors (Lipinski definition) is 1. The van der Waals surface area contributed by atoms with Gasteiger partial charge in [0, 0.05) is 11.6 Å². The Labute approximate surface area is 158 Å². The average Bonchev–Trinajstić information content (AvgIpc) is 2.66. The lowest BCUT2D eigenvalue weighted by Crippen LogP contribution is -2.38. The van der Waals surface area contributed by atoms with Gasteiger partial charge in [-0.15, -0.1) is 0 Å². The predicted octanol–water partition coefficient (Wildman–Crippen LogP) is 3.90. The number of carbonyl (C=O) groups excluding carboxylic acids is 1. The first-order chi connectivity index (χ1) is 12.9. The normalized spacial score (nSPS) is 11.0. The topological polar surface area (TPSA) is 62.4 Å². The van der Waals surface area contributed by atoms with Crippen molar-refractivity contribution in [2.45, 2.75) is 33.4 Å². The van der Waals surface area contributed by atoms with E-state index in [-0.39, 0.29) is 24.1 Å². The number of nitrogens with one attached hydrogen (secondary N) is 1. The third-order valence-electron chi connectivity index (χ3n) is 4.73. The van der Waals surface area contributed by atoms with Crippen molar-refractivity contribution in [3.63, 3.8) is 0 Å². The Morgan fingerprint density at radius 3 is 2.59 bits per heavy atom. The number of hydrogen-bond acceptors (Lipinski definition) is 3. The second-order valence-electron chi connectivity index (χ2n) is 6.89. The van der Waals surface area contributed by atoms with Gasteiger partial charge in [0.25, 0.3) is 11.5 Å². The standard InChI is InChI=1S/C22H24N2O3/c1-14(2)24(22(26)18-10-5-6-11-19(18)27-4)13-17-12-16-9-7-8-15(3)20(16)23-21(17)25/h5-12,14H,13H2,1-4H3,(H,23,25). The number of aryl methyl sites for hydroxylation is 1. The summed E-state index contributed by atoms with van der Waals surface area (Å²) in [5.74, 6) is 0.363. The van der Waals surface area contributed by atoms with E-state index in [0.717, 1.165) is 16.5 Å². The number of amides is 1.